The number of methoxy groups -OCH3 is 1. The first kappa shape index (κ1) is 14.0. The molecule has 0 fully saturated rings. The summed E-state index contributed by atoms with van der Waals surface area (Å²) < 4.78 is 28.9. The number of nitrogens with two attached hydrogens (primary N) is 1. The van der Waals surface area contributed by atoms with E-state index in [0.717, 1.165) is 5.56 Å². The van der Waals surface area contributed by atoms with Gasteiger partial charge in [-0.2, -0.15) is 0 Å². The number of hydrogen-bond acceptors (Lipinski definition) is 5. The van der Waals surface area contributed by atoms with E-state index in [1.54, 1.807) is 13.0 Å². The van der Waals surface area contributed by atoms with E-state index in [9.17, 15) is 13.2 Å². The lowest BCUT2D eigenvalue weighted by molar-refractivity contribution is 0.0599. The third-order valence-electron chi connectivity index (χ3n) is 3.43. The van der Waals surface area contributed by atoms with Gasteiger partial charge in [-0.3, -0.25) is 0 Å². The normalized spacial score (nSPS) is 24.0. The molecule has 1 atom stereocenters. The van der Waals surface area contributed by atoms with E-state index in [1.165, 1.54) is 13.2 Å². The Hall–Kier alpha value is -1.40. The van der Waals surface area contributed by atoms with Crippen LogP contribution in [0.2, 0.25) is 0 Å². The van der Waals surface area contributed by atoms with Gasteiger partial charge >= 0.3 is 5.97 Å². The molecule has 2 N–H and O–H groups in total. The molecule has 0 saturated carbocycles. The maximum atomic E-state index is 12.1. The van der Waals surface area contributed by atoms with Gasteiger partial charge in [0.15, 0.2) is 9.84 Å². The van der Waals surface area contributed by atoms with E-state index in [-0.39, 0.29) is 10.6 Å². The van der Waals surface area contributed by atoms with Crippen LogP contribution in [0.25, 0.3) is 0 Å². The van der Waals surface area contributed by atoms with Crippen LogP contribution in [0.1, 0.15) is 35.3 Å². The zero-order valence-electron chi connectivity index (χ0n) is 11.2. The molecule has 1 heterocycles. The third kappa shape index (κ3) is 2.15. The monoisotopic (exact) mass is 283 g/mol. The molecule has 6 heteroatoms. The number of carbonyl (C=O) groups is 1. The van der Waals surface area contributed by atoms with Crippen molar-refractivity contribution >= 4 is 15.8 Å². The van der Waals surface area contributed by atoms with Crippen LogP contribution in [-0.2, 0) is 26.5 Å². The summed E-state index contributed by atoms with van der Waals surface area (Å²) in [7, 11) is -2.16. The average Bonchev–Trinajstić information content (AvgIpc) is 2.52. The van der Waals surface area contributed by atoms with Crippen molar-refractivity contribution in [3.05, 3.63) is 28.8 Å². The first-order chi connectivity index (χ1) is 8.73. The number of benzene rings is 1. The zero-order chi connectivity index (χ0) is 14.4. The predicted molar refractivity (Wildman–Crippen MR) is 70.8 cm³/mol. The number of ether oxygens (including phenoxy) is 1. The highest BCUT2D eigenvalue weighted by atomic mass is 32.2. The molecule has 2 rings (SSSR count). The number of hydrogen-bond donors (Lipinski definition) is 1. The first-order valence-corrected chi connectivity index (χ1v) is 7.65. The number of rotatable bonds is 2. The molecule has 0 bridgehead atoms. The van der Waals surface area contributed by atoms with Crippen LogP contribution >= 0.6 is 0 Å². The molecule has 0 spiro atoms. The standard InChI is InChI=1S/C13H17NO4S/c1-4-8-5-10-11(6-9(8)12(15)18-3)19(16,17)7-13(10,2)14/h5-6H,4,7,14H2,1-3H3. The quantitative estimate of drug-likeness (QED) is 0.818. The Kier molecular flexibility index (Phi) is 3.18. The highest BCUT2D eigenvalue weighted by molar-refractivity contribution is 7.91. The Bertz CT molecular complexity index is 647. The number of fused-ring (bicyclic) bond motifs is 1. The maximum absolute atomic E-state index is 12.1. The summed E-state index contributed by atoms with van der Waals surface area (Å²) >= 11 is 0. The van der Waals surface area contributed by atoms with Crippen molar-refractivity contribution in [1.82, 2.24) is 0 Å². The highest BCUT2D eigenvalue weighted by Gasteiger charge is 2.42. The van der Waals surface area contributed by atoms with Gasteiger partial charge in [-0.05, 0) is 30.5 Å². The van der Waals surface area contributed by atoms with E-state index < -0.39 is 21.3 Å². The molecule has 0 aromatic heterocycles. The van der Waals surface area contributed by atoms with Gasteiger partial charge in [0.2, 0.25) is 0 Å². The highest BCUT2D eigenvalue weighted by Crippen LogP contribution is 2.38. The van der Waals surface area contributed by atoms with E-state index in [2.05, 4.69) is 0 Å². The number of sulfone groups is 1. The summed E-state index contributed by atoms with van der Waals surface area (Å²) in [5.41, 5.74) is 6.77. The number of carbonyl (C=O) groups excluding carboxylic acids is 1. The Morgan fingerprint density at radius 3 is 2.63 bits per heavy atom. The lowest BCUT2D eigenvalue weighted by Gasteiger charge is -2.18. The van der Waals surface area contributed by atoms with Gasteiger partial charge in [-0.25, -0.2) is 13.2 Å². The van der Waals surface area contributed by atoms with E-state index in [1.807, 2.05) is 6.92 Å². The van der Waals surface area contributed by atoms with E-state index in [0.29, 0.717) is 17.5 Å². The Labute approximate surface area is 112 Å². The smallest absolute Gasteiger partial charge is 0.338 e. The average molecular weight is 283 g/mol. The van der Waals surface area contributed by atoms with Crippen LogP contribution in [-0.4, -0.2) is 27.2 Å². The first-order valence-electron chi connectivity index (χ1n) is 6.00. The maximum Gasteiger partial charge on any atom is 0.338 e. The lowest BCUT2D eigenvalue weighted by atomic mass is 9.91. The van der Waals surface area contributed by atoms with Gasteiger partial charge < -0.3 is 10.5 Å². The molecule has 0 aliphatic carbocycles. The van der Waals surface area contributed by atoms with Crippen LogP contribution in [0.3, 0.4) is 0 Å². The van der Waals surface area contributed by atoms with Gasteiger partial charge in [0.05, 0.1) is 28.9 Å². The zero-order valence-corrected chi connectivity index (χ0v) is 12.0. The van der Waals surface area contributed by atoms with Crippen LogP contribution in [0.15, 0.2) is 17.0 Å². The summed E-state index contributed by atoms with van der Waals surface area (Å²) in [6, 6.07) is 3.11. The van der Waals surface area contributed by atoms with Crippen molar-refractivity contribution in [1.29, 1.82) is 0 Å². The summed E-state index contributed by atoms with van der Waals surface area (Å²) in [6.07, 6.45) is 0.605. The summed E-state index contributed by atoms with van der Waals surface area (Å²) in [5.74, 6) is -0.663. The van der Waals surface area contributed by atoms with Crippen molar-refractivity contribution in [3.63, 3.8) is 0 Å². The minimum Gasteiger partial charge on any atom is -0.465 e. The molecular weight excluding hydrogens is 266 g/mol. The van der Waals surface area contributed by atoms with Gasteiger partial charge in [-0.1, -0.05) is 13.0 Å². The molecule has 1 aliphatic heterocycles. The molecule has 1 aliphatic rings. The van der Waals surface area contributed by atoms with Crippen LogP contribution < -0.4 is 5.73 Å². The Morgan fingerprint density at radius 2 is 2.11 bits per heavy atom. The largest absolute Gasteiger partial charge is 0.465 e. The second-order valence-corrected chi connectivity index (χ2v) is 6.99. The van der Waals surface area contributed by atoms with E-state index in [4.69, 9.17) is 10.5 Å². The second-order valence-electron chi connectivity index (χ2n) is 5.03. The van der Waals surface area contributed by atoms with Gasteiger partial charge in [0.1, 0.15) is 0 Å². The fourth-order valence-corrected chi connectivity index (χ4v) is 4.50. The van der Waals surface area contributed by atoms with Crippen molar-refractivity contribution in [2.75, 3.05) is 12.9 Å². The van der Waals surface area contributed by atoms with Crippen molar-refractivity contribution < 1.29 is 17.9 Å². The van der Waals surface area contributed by atoms with Crippen molar-refractivity contribution in [2.45, 2.75) is 30.7 Å². The summed E-state index contributed by atoms with van der Waals surface area (Å²) in [5, 5.41) is 0. The Balaban J connectivity index is 2.76. The minimum absolute atomic E-state index is 0.136. The van der Waals surface area contributed by atoms with Crippen LogP contribution in [0.5, 0.6) is 0 Å². The van der Waals surface area contributed by atoms with E-state index >= 15 is 0 Å². The van der Waals surface area contributed by atoms with Crippen molar-refractivity contribution in [2.24, 2.45) is 5.73 Å². The SMILES string of the molecule is CCc1cc2c(cc1C(=O)OC)S(=O)(=O)CC2(C)N. The lowest BCUT2D eigenvalue weighted by Crippen LogP contribution is -2.34. The molecule has 1 aromatic rings. The van der Waals surface area contributed by atoms with Crippen LogP contribution in [0.4, 0.5) is 0 Å². The van der Waals surface area contributed by atoms with Crippen LogP contribution in [0, 0.1) is 0 Å². The minimum atomic E-state index is -3.44. The third-order valence-corrected chi connectivity index (χ3v) is 5.42. The molecule has 19 heavy (non-hydrogen) atoms. The second kappa shape index (κ2) is 4.31. The molecule has 104 valence electrons. The molecule has 0 radical (unpaired) electrons. The summed E-state index contributed by atoms with van der Waals surface area (Å²) in [4.78, 5) is 11.9. The number of esters is 1. The molecule has 0 saturated heterocycles. The van der Waals surface area contributed by atoms with Gasteiger partial charge in [0.25, 0.3) is 0 Å². The van der Waals surface area contributed by atoms with Gasteiger partial charge in [-0.15, -0.1) is 0 Å². The Morgan fingerprint density at radius 1 is 1.47 bits per heavy atom. The molecule has 1 aromatic carbocycles. The molecule has 1 unspecified atom stereocenters. The summed E-state index contributed by atoms with van der Waals surface area (Å²) in [6.45, 7) is 3.58. The fourth-order valence-electron chi connectivity index (χ4n) is 2.47. The molecule has 5 nitrogen and oxygen atoms in total. The molecule has 0 amide bonds. The predicted octanol–water partition coefficient (Wildman–Crippen LogP) is 0.997. The van der Waals surface area contributed by atoms with Crippen molar-refractivity contribution in [3.8, 4) is 0 Å². The number of aryl methyl sites for hydroxylation is 1. The topological polar surface area (TPSA) is 86.5 Å². The van der Waals surface area contributed by atoms with Gasteiger partial charge in [0, 0.05) is 0 Å². The molecular formula is C13H17NO4S. The fraction of sp³-hybridized carbons (Fsp3) is 0.462.